The maximum Gasteiger partial charge on any atom is 0.0618 e. The van der Waals surface area contributed by atoms with E-state index in [0.29, 0.717) is 6.04 Å². The molecule has 1 unspecified atom stereocenters. The molecule has 0 bridgehead atoms. The van der Waals surface area contributed by atoms with Gasteiger partial charge in [-0.25, -0.2) is 0 Å². The predicted molar refractivity (Wildman–Crippen MR) is 66.5 cm³/mol. The summed E-state index contributed by atoms with van der Waals surface area (Å²) in [5.41, 5.74) is 0.0564. The molecule has 1 rings (SSSR count). The Bertz CT molecular complexity index is 180. The molecule has 0 aromatic heterocycles. The molecule has 1 aliphatic carbocycles. The molecular weight excluding hydrogens is 202 g/mol. The molecule has 1 saturated carbocycles. The van der Waals surface area contributed by atoms with Crippen LogP contribution in [0.4, 0.5) is 0 Å². The highest BCUT2D eigenvalue weighted by molar-refractivity contribution is 4.89. The van der Waals surface area contributed by atoms with Gasteiger partial charge in [-0.05, 0) is 31.6 Å². The maximum absolute atomic E-state index is 9.50. The molecule has 0 aliphatic heterocycles. The van der Waals surface area contributed by atoms with Crippen molar-refractivity contribution in [1.82, 2.24) is 5.32 Å². The van der Waals surface area contributed by atoms with E-state index in [1.165, 1.54) is 12.8 Å². The maximum atomic E-state index is 9.50. The molecule has 2 N–H and O–H groups in total. The lowest BCUT2D eigenvalue weighted by Crippen LogP contribution is -2.44. The average molecular weight is 229 g/mol. The van der Waals surface area contributed by atoms with E-state index in [0.717, 1.165) is 31.9 Å². The lowest BCUT2D eigenvalue weighted by atomic mass is 9.83. The third-order valence-electron chi connectivity index (χ3n) is 4.11. The summed E-state index contributed by atoms with van der Waals surface area (Å²) < 4.78 is 5.25. The first-order valence-electron chi connectivity index (χ1n) is 6.54. The summed E-state index contributed by atoms with van der Waals surface area (Å²) >= 11 is 0. The van der Waals surface area contributed by atoms with E-state index in [9.17, 15) is 5.11 Å². The fraction of sp³-hybridized carbons (Fsp3) is 1.00. The van der Waals surface area contributed by atoms with Crippen LogP contribution in [-0.4, -0.2) is 38.0 Å². The Morgan fingerprint density at radius 3 is 2.38 bits per heavy atom. The summed E-state index contributed by atoms with van der Waals surface area (Å²) in [6.45, 7) is 6.28. The third kappa shape index (κ3) is 3.72. The average Bonchev–Trinajstić information content (AvgIpc) is 3.14. The van der Waals surface area contributed by atoms with Crippen LogP contribution in [0.2, 0.25) is 0 Å². The van der Waals surface area contributed by atoms with Crippen LogP contribution in [0.5, 0.6) is 0 Å². The van der Waals surface area contributed by atoms with Gasteiger partial charge < -0.3 is 15.2 Å². The van der Waals surface area contributed by atoms with Crippen LogP contribution in [0.25, 0.3) is 0 Å². The Labute approximate surface area is 99.6 Å². The number of ether oxygens (including phenoxy) is 1. The van der Waals surface area contributed by atoms with Crippen molar-refractivity contribution in [1.29, 1.82) is 0 Å². The summed E-state index contributed by atoms with van der Waals surface area (Å²) in [7, 11) is 1.76. The zero-order valence-electron chi connectivity index (χ0n) is 11.0. The van der Waals surface area contributed by atoms with Gasteiger partial charge in [0.25, 0.3) is 0 Å². The molecule has 3 heteroatoms. The first-order valence-corrected chi connectivity index (χ1v) is 6.54. The Balaban J connectivity index is 2.39. The number of hydrogen-bond donors (Lipinski definition) is 2. The summed E-state index contributed by atoms with van der Waals surface area (Å²) in [4.78, 5) is 0. The Morgan fingerprint density at radius 1 is 1.38 bits per heavy atom. The van der Waals surface area contributed by atoms with Gasteiger partial charge in [0.1, 0.15) is 0 Å². The molecule has 96 valence electrons. The van der Waals surface area contributed by atoms with E-state index in [2.05, 4.69) is 19.2 Å². The van der Waals surface area contributed by atoms with Crippen molar-refractivity contribution in [2.75, 3.05) is 26.9 Å². The van der Waals surface area contributed by atoms with Crippen molar-refractivity contribution in [3.05, 3.63) is 0 Å². The Kier molecular flexibility index (Phi) is 5.73. The smallest absolute Gasteiger partial charge is 0.0618 e. The molecule has 0 amide bonds. The lowest BCUT2D eigenvalue weighted by Gasteiger charge is -2.32. The summed E-state index contributed by atoms with van der Waals surface area (Å²) in [6, 6.07) is 0.481. The van der Waals surface area contributed by atoms with Gasteiger partial charge in [0.05, 0.1) is 6.61 Å². The minimum atomic E-state index is 0.0564. The van der Waals surface area contributed by atoms with Gasteiger partial charge in [-0.1, -0.05) is 13.8 Å². The fourth-order valence-electron chi connectivity index (χ4n) is 2.17. The standard InChI is InChI=1S/C13H27NO2/c1-4-13(5-2,10-15)9-14-12(8-16-3)11-6-7-11/h11-12,14-15H,4-10H2,1-3H3. The molecule has 0 saturated heterocycles. The second-order valence-electron chi connectivity index (χ2n) is 5.15. The van der Waals surface area contributed by atoms with Crippen LogP contribution in [-0.2, 0) is 4.74 Å². The quantitative estimate of drug-likeness (QED) is 0.633. The SMILES string of the molecule is CCC(CC)(CO)CNC(COC)C1CC1. The van der Waals surface area contributed by atoms with Crippen LogP contribution >= 0.6 is 0 Å². The van der Waals surface area contributed by atoms with Crippen LogP contribution in [0, 0.1) is 11.3 Å². The van der Waals surface area contributed by atoms with Crippen LogP contribution in [0.15, 0.2) is 0 Å². The normalized spacial score (nSPS) is 18.8. The summed E-state index contributed by atoms with van der Waals surface area (Å²) in [5.74, 6) is 0.796. The molecule has 3 nitrogen and oxygen atoms in total. The molecule has 0 aromatic rings. The lowest BCUT2D eigenvalue weighted by molar-refractivity contribution is 0.0960. The first-order chi connectivity index (χ1) is 7.71. The topological polar surface area (TPSA) is 41.5 Å². The number of aliphatic hydroxyl groups is 1. The molecule has 0 spiro atoms. The van der Waals surface area contributed by atoms with E-state index in [1.807, 2.05) is 0 Å². The summed E-state index contributed by atoms with van der Waals surface area (Å²) in [5, 5.41) is 13.1. The van der Waals surface area contributed by atoms with Gasteiger partial charge in [0.15, 0.2) is 0 Å². The number of aliphatic hydroxyl groups excluding tert-OH is 1. The van der Waals surface area contributed by atoms with Crippen molar-refractivity contribution in [3.63, 3.8) is 0 Å². The van der Waals surface area contributed by atoms with Gasteiger partial charge in [-0.15, -0.1) is 0 Å². The predicted octanol–water partition coefficient (Wildman–Crippen LogP) is 1.80. The fourth-order valence-corrected chi connectivity index (χ4v) is 2.17. The minimum Gasteiger partial charge on any atom is -0.396 e. The van der Waals surface area contributed by atoms with Gasteiger partial charge in [0.2, 0.25) is 0 Å². The van der Waals surface area contributed by atoms with Crippen molar-refractivity contribution >= 4 is 0 Å². The van der Waals surface area contributed by atoms with Gasteiger partial charge >= 0.3 is 0 Å². The van der Waals surface area contributed by atoms with Crippen LogP contribution in [0.3, 0.4) is 0 Å². The molecule has 16 heavy (non-hydrogen) atoms. The van der Waals surface area contributed by atoms with E-state index in [1.54, 1.807) is 7.11 Å². The van der Waals surface area contributed by atoms with Crippen LogP contribution < -0.4 is 5.32 Å². The van der Waals surface area contributed by atoms with Crippen molar-refractivity contribution in [2.45, 2.75) is 45.6 Å². The molecule has 0 radical (unpaired) electrons. The zero-order valence-corrected chi connectivity index (χ0v) is 11.0. The minimum absolute atomic E-state index is 0.0564. The van der Waals surface area contributed by atoms with Crippen molar-refractivity contribution < 1.29 is 9.84 Å². The molecule has 1 fully saturated rings. The third-order valence-corrected chi connectivity index (χ3v) is 4.11. The van der Waals surface area contributed by atoms with Crippen molar-refractivity contribution in [3.8, 4) is 0 Å². The van der Waals surface area contributed by atoms with E-state index in [4.69, 9.17) is 4.74 Å². The van der Waals surface area contributed by atoms with Gasteiger partial charge in [-0.3, -0.25) is 0 Å². The zero-order chi connectivity index (χ0) is 12.0. The monoisotopic (exact) mass is 229 g/mol. The van der Waals surface area contributed by atoms with Gasteiger partial charge in [0, 0.05) is 31.7 Å². The number of nitrogens with one attached hydrogen (secondary N) is 1. The largest absolute Gasteiger partial charge is 0.396 e. The molecule has 0 aromatic carbocycles. The van der Waals surface area contributed by atoms with E-state index < -0.39 is 0 Å². The first kappa shape index (κ1) is 13.9. The van der Waals surface area contributed by atoms with E-state index in [-0.39, 0.29) is 12.0 Å². The van der Waals surface area contributed by atoms with Crippen LogP contribution in [0.1, 0.15) is 39.5 Å². The molecule has 1 atom stereocenters. The summed E-state index contributed by atoms with van der Waals surface area (Å²) in [6.07, 6.45) is 4.70. The second kappa shape index (κ2) is 6.58. The Hall–Kier alpha value is -0.120. The Morgan fingerprint density at radius 2 is 2.00 bits per heavy atom. The van der Waals surface area contributed by atoms with Crippen molar-refractivity contribution in [2.24, 2.45) is 11.3 Å². The highest BCUT2D eigenvalue weighted by Crippen LogP contribution is 2.33. The van der Waals surface area contributed by atoms with Gasteiger partial charge in [-0.2, -0.15) is 0 Å². The highest BCUT2D eigenvalue weighted by atomic mass is 16.5. The highest BCUT2D eigenvalue weighted by Gasteiger charge is 2.33. The molecule has 1 aliphatic rings. The number of hydrogen-bond acceptors (Lipinski definition) is 3. The molecule has 0 heterocycles. The van der Waals surface area contributed by atoms with E-state index >= 15 is 0 Å². The number of methoxy groups -OCH3 is 1. The number of rotatable bonds is 9. The second-order valence-corrected chi connectivity index (χ2v) is 5.15. The molecular formula is C13H27NO2.